The fraction of sp³-hybridized carbons (Fsp3) is 0. The molecule has 0 radical (unpaired) electrons. The number of hydrogen-bond donors (Lipinski definition) is 0. The summed E-state index contributed by atoms with van der Waals surface area (Å²) in [6.45, 7) is 0. The molecule has 0 bridgehead atoms. The number of carbonyl (C=O) groups is 1. The molecule has 4 heteroatoms. The van der Waals surface area contributed by atoms with Crippen molar-refractivity contribution in [2.45, 2.75) is 0 Å². The summed E-state index contributed by atoms with van der Waals surface area (Å²) in [5.41, 5.74) is 2.32. The zero-order chi connectivity index (χ0) is 14.4. The molecular weight excluding hydrogens is 348 g/mol. The Balaban J connectivity index is 1.92. The van der Waals surface area contributed by atoms with Gasteiger partial charge in [-0.3, -0.25) is 4.79 Å². The SMILES string of the molecule is O=C(c1ccc2oc3ccccc3c2c1)c1sccc1Br. The fourth-order valence-electron chi connectivity index (χ4n) is 2.45. The van der Waals surface area contributed by atoms with Gasteiger partial charge >= 0.3 is 0 Å². The molecule has 102 valence electrons. The van der Waals surface area contributed by atoms with Crippen molar-refractivity contribution in [1.82, 2.24) is 0 Å². The second-order valence-corrected chi connectivity index (χ2v) is 6.51. The third-order valence-electron chi connectivity index (χ3n) is 3.46. The first kappa shape index (κ1) is 12.8. The lowest BCUT2D eigenvalue weighted by molar-refractivity contribution is 0.104. The van der Waals surface area contributed by atoms with E-state index >= 15 is 0 Å². The van der Waals surface area contributed by atoms with Gasteiger partial charge < -0.3 is 4.42 Å². The van der Waals surface area contributed by atoms with E-state index in [4.69, 9.17) is 4.42 Å². The zero-order valence-corrected chi connectivity index (χ0v) is 13.2. The van der Waals surface area contributed by atoms with Gasteiger partial charge in [-0.1, -0.05) is 18.2 Å². The molecule has 2 heterocycles. The number of ketones is 1. The van der Waals surface area contributed by atoms with Crippen molar-refractivity contribution < 1.29 is 9.21 Å². The Bertz CT molecular complexity index is 981. The Morgan fingerprint density at radius 1 is 1.00 bits per heavy atom. The van der Waals surface area contributed by atoms with Crippen LogP contribution in [-0.4, -0.2) is 5.78 Å². The van der Waals surface area contributed by atoms with Gasteiger partial charge in [0.2, 0.25) is 5.78 Å². The quantitative estimate of drug-likeness (QED) is 0.435. The van der Waals surface area contributed by atoms with Crippen LogP contribution < -0.4 is 0 Å². The van der Waals surface area contributed by atoms with Crippen LogP contribution >= 0.6 is 27.3 Å². The summed E-state index contributed by atoms with van der Waals surface area (Å²) >= 11 is 4.86. The third kappa shape index (κ3) is 2.03. The molecule has 0 saturated carbocycles. The predicted octanol–water partition coefficient (Wildman–Crippen LogP) is 5.64. The van der Waals surface area contributed by atoms with Gasteiger partial charge in [0, 0.05) is 20.8 Å². The molecule has 2 aromatic carbocycles. The van der Waals surface area contributed by atoms with Crippen LogP contribution in [0.2, 0.25) is 0 Å². The van der Waals surface area contributed by atoms with Crippen LogP contribution in [0.1, 0.15) is 15.2 Å². The first-order chi connectivity index (χ1) is 10.2. The van der Waals surface area contributed by atoms with E-state index in [1.54, 1.807) is 0 Å². The Kier molecular flexibility index (Phi) is 2.94. The maximum absolute atomic E-state index is 12.6. The average molecular weight is 357 g/mol. The highest BCUT2D eigenvalue weighted by Gasteiger charge is 2.16. The highest BCUT2D eigenvalue weighted by molar-refractivity contribution is 9.10. The molecule has 0 aliphatic rings. The third-order valence-corrected chi connectivity index (χ3v) is 5.30. The second kappa shape index (κ2) is 4.83. The maximum atomic E-state index is 12.6. The van der Waals surface area contributed by atoms with Crippen LogP contribution in [-0.2, 0) is 0 Å². The molecule has 0 spiro atoms. The Morgan fingerprint density at radius 3 is 2.62 bits per heavy atom. The number of para-hydroxylation sites is 1. The largest absolute Gasteiger partial charge is 0.456 e. The van der Waals surface area contributed by atoms with Gasteiger partial charge in [0.1, 0.15) is 11.2 Å². The molecule has 0 fully saturated rings. The van der Waals surface area contributed by atoms with E-state index < -0.39 is 0 Å². The lowest BCUT2D eigenvalue weighted by Crippen LogP contribution is -1.98. The Labute approximate surface area is 133 Å². The van der Waals surface area contributed by atoms with Crippen molar-refractivity contribution in [2.24, 2.45) is 0 Å². The van der Waals surface area contributed by atoms with Crippen molar-refractivity contribution >= 4 is 55.0 Å². The molecule has 0 aliphatic heterocycles. The highest BCUT2D eigenvalue weighted by Crippen LogP contribution is 2.31. The summed E-state index contributed by atoms with van der Waals surface area (Å²) in [5.74, 6) is 0.0315. The van der Waals surface area contributed by atoms with Crippen LogP contribution in [0.15, 0.2) is 62.8 Å². The minimum absolute atomic E-state index is 0.0315. The minimum atomic E-state index is 0.0315. The summed E-state index contributed by atoms with van der Waals surface area (Å²) in [4.78, 5) is 13.3. The monoisotopic (exact) mass is 356 g/mol. The lowest BCUT2D eigenvalue weighted by Gasteiger charge is -1.99. The second-order valence-electron chi connectivity index (χ2n) is 4.74. The summed E-state index contributed by atoms with van der Waals surface area (Å²) in [7, 11) is 0. The van der Waals surface area contributed by atoms with Crippen molar-refractivity contribution in [3.63, 3.8) is 0 Å². The molecule has 0 N–H and O–H groups in total. The van der Waals surface area contributed by atoms with Crippen LogP contribution in [0.4, 0.5) is 0 Å². The first-order valence-corrected chi connectivity index (χ1v) is 8.10. The molecule has 0 saturated heterocycles. The normalized spacial score (nSPS) is 11.3. The average Bonchev–Trinajstić information content (AvgIpc) is 3.09. The molecule has 4 aromatic rings. The summed E-state index contributed by atoms with van der Waals surface area (Å²) in [6.07, 6.45) is 0. The number of benzene rings is 2. The van der Waals surface area contributed by atoms with E-state index in [2.05, 4.69) is 15.9 Å². The van der Waals surface area contributed by atoms with Gasteiger partial charge in [-0.25, -0.2) is 0 Å². The number of hydrogen-bond acceptors (Lipinski definition) is 3. The zero-order valence-electron chi connectivity index (χ0n) is 10.8. The number of furan rings is 1. The topological polar surface area (TPSA) is 30.2 Å². The number of carbonyl (C=O) groups excluding carboxylic acids is 1. The molecule has 21 heavy (non-hydrogen) atoms. The van der Waals surface area contributed by atoms with Gasteiger partial charge in [-0.2, -0.15) is 0 Å². The van der Waals surface area contributed by atoms with Gasteiger partial charge in [0.25, 0.3) is 0 Å². The molecule has 0 aliphatic carbocycles. The summed E-state index contributed by atoms with van der Waals surface area (Å²) in [6, 6.07) is 15.4. The fourth-order valence-corrected chi connectivity index (χ4v) is 3.97. The van der Waals surface area contributed by atoms with Gasteiger partial charge in [0.15, 0.2) is 0 Å². The summed E-state index contributed by atoms with van der Waals surface area (Å²) in [5, 5.41) is 3.92. The van der Waals surface area contributed by atoms with E-state index in [0.29, 0.717) is 5.56 Å². The Hall–Kier alpha value is -1.91. The number of thiophene rings is 1. The van der Waals surface area contributed by atoms with E-state index in [1.165, 1.54) is 11.3 Å². The molecule has 4 rings (SSSR count). The van der Waals surface area contributed by atoms with Crippen molar-refractivity contribution in [2.75, 3.05) is 0 Å². The highest BCUT2D eigenvalue weighted by atomic mass is 79.9. The van der Waals surface area contributed by atoms with E-state index in [1.807, 2.05) is 53.9 Å². The van der Waals surface area contributed by atoms with Crippen molar-refractivity contribution in [1.29, 1.82) is 0 Å². The van der Waals surface area contributed by atoms with Gasteiger partial charge in [-0.15, -0.1) is 11.3 Å². The molecule has 0 atom stereocenters. The predicted molar refractivity (Wildman–Crippen MR) is 89.2 cm³/mol. The van der Waals surface area contributed by atoms with Crippen molar-refractivity contribution in [3.8, 4) is 0 Å². The van der Waals surface area contributed by atoms with E-state index in [-0.39, 0.29) is 5.78 Å². The van der Waals surface area contributed by atoms with E-state index in [9.17, 15) is 4.79 Å². The standard InChI is InChI=1S/C17H9BrO2S/c18-13-7-8-21-17(13)16(19)10-5-6-15-12(9-10)11-3-1-2-4-14(11)20-15/h1-9H. The minimum Gasteiger partial charge on any atom is -0.456 e. The van der Waals surface area contributed by atoms with E-state index in [0.717, 1.165) is 31.3 Å². The molecule has 0 amide bonds. The smallest absolute Gasteiger partial charge is 0.204 e. The van der Waals surface area contributed by atoms with Crippen LogP contribution in [0.25, 0.3) is 21.9 Å². The number of rotatable bonds is 2. The Morgan fingerprint density at radius 2 is 1.81 bits per heavy atom. The number of fused-ring (bicyclic) bond motifs is 3. The van der Waals surface area contributed by atoms with Crippen LogP contribution in [0.5, 0.6) is 0 Å². The summed E-state index contributed by atoms with van der Waals surface area (Å²) < 4.78 is 6.63. The van der Waals surface area contributed by atoms with Gasteiger partial charge in [0.05, 0.1) is 4.88 Å². The van der Waals surface area contributed by atoms with Crippen molar-refractivity contribution in [3.05, 3.63) is 68.8 Å². The molecule has 0 unspecified atom stereocenters. The lowest BCUT2D eigenvalue weighted by atomic mass is 10.1. The molecule has 2 aromatic heterocycles. The van der Waals surface area contributed by atoms with Gasteiger partial charge in [-0.05, 0) is 51.6 Å². The first-order valence-electron chi connectivity index (χ1n) is 6.43. The maximum Gasteiger partial charge on any atom is 0.204 e. The molecule has 2 nitrogen and oxygen atoms in total. The van der Waals surface area contributed by atoms with Crippen LogP contribution in [0.3, 0.4) is 0 Å². The number of halogens is 1. The molecular formula is C17H9BrO2S. The van der Waals surface area contributed by atoms with Crippen LogP contribution in [0, 0.1) is 0 Å².